The molecule has 14 heavy (non-hydrogen) atoms. The van der Waals surface area contributed by atoms with Crippen LogP contribution in [-0.2, 0) is 0 Å². The number of rotatable bonds is 2. The molecule has 0 unspecified atom stereocenters. The predicted octanol–water partition coefficient (Wildman–Crippen LogP) is 2.44. The molecule has 5 heteroatoms. The Morgan fingerprint density at radius 1 is 1.50 bits per heavy atom. The lowest BCUT2D eigenvalue weighted by Crippen LogP contribution is -1.87. The lowest BCUT2D eigenvalue weighted by atomic mass is 10.2. The van der Waals surface area contributed by atoms with Gasteiger partial charge in [0.1, 0.15) is 0 Å². The molecule has 1 aromatic carbocycles. The molecule has 0 aliphatic rings. The number of H-pyrrole nitrogens is 1. The van der Waals surface area contributed by atoms with Gasteiger partial charge in [-0.05, 0) is 30.4 Å². The highest BCUT2D eigenvalue weighted by molar-refractivity contribution is 7.71. The van der Waals surface area contributed by atoms with Gasteiger partial charge in [0.15, 0.2) is 0 Å². The van der Waals surface area contributed by atoms with Crippen molar-refractivity contribution in [3.05, 3.63) is 29.1 Å². The minimum absolute atomic E-state index is 0.287. The number of anilines is 1. The van der Waals surface area contributed by atoms with E-state index in [-0.39, 0.29) is 4.84 Å². The molecule has 0 saturated heterocycles. The van der Waals surface area contributed by atoms with Crippen LogP contribution in [0.25, 0.3) is 11.5 Å². The van der Waals surface area contributed by atoms with E-state index in [0.29, 0.717) is 5.89 Å². The van der Waals surface area contributed by atoms with Gasteiger partial charge >= 0.3 is 0 Å². The molecule has 0 aliphatic carbocycles. The zero-order chi connectivity index (χ0) is 9.97. The van der Waals surface area contributed by atoms with E-state index in [1.807, 2.05) is 31.3 Å². The van der Waals surface area contributed by atoms with E-state index in [1.165, 1.54) is 0 Å². The summed E-state index contributed by atoms with van der Waals surface area (Å²) in [6.07, 6.45) is 0. The summed E-state index contributed by atoms with van der Waals surface area (Å²) in [6.45, 7) is 0. The van der Waals surface area contributed by atoms with Crippen LogP contribution in [0.5, 0.6) is 0 Å². The standard InChI is InChI=1S/C9H9N3OS/c1-10-7-4-2-3-6(5-7)8-11-12-9(14)13-8/h2-5,10H,1H3,(H,12,14). The van der Waals surface area contributed by atoms with Gasteiger partial charge < -0.3 is 9.73 Å². The van der Waals surface area contributed by atoms with Gasteiger partial charge in [0, 0.05) is 18.3 Å². The maximum atomic E-state index is 5.19. The van der Waals surface area contributed by atoms with Crippen LogP contribution in [0, 0.1) is 4.84 Å². The normalized spacial score (nSPS) is 10.1. The number of hydrogen-bond donors (Lipinski definition) is 2. The summed E-state index contributed by atoms with van der Waals surface area (Å²) in [5.41, 5.74) is 1.90. The molecule has 0 aliphatic heterocycles. The van der Waals surface area contributed by atoms with Crippen molar-refractivity contribution in [3.63, 3.8) is 0 Å². The van der Waals surface area contributed by atoms with Crippen LogP contribution in [0.4, 0.5) is 5.69 Å². The van der Waals surface area contributed by atoms with E-state index < -0.39 is 0 Å². The Hall–Kier alpha value is -1.62. The molecule has 1 aromatic heterocycles. The van der Waals surface area contributed by atoms with Gasteiger partial charge in [0.25, 0.3) is 4.84 Å². The van der Waals surface area contributed by atoms with Crippen LogP contribution in [0.2, 0.25) is 0 Å². The van der Waals surface area contributed by atoms with Crippen LogP contribution in [0.15, 0.2) is 28.7 Å². The van der Waals surface area contributed by atoms with Crippen LogP contribution < -0.4 is 5.32 Å². The Bertz CT molecular complexity index is 489. The van der Waals surface area contributed by atoms with Crippen molar-refractivity contribution < 1.29 is 4.42 Å². The van der Waals surface area contributed by atoms with Crippen LogP contribution in [0.1, 0.15) is 0 Å². The van der Waals surface area contributed by atoms with Crippen molar-refractivity contribution in [1.82, 2.24) is 10.2 Å². The highest BCUT2D eigenvalue weighted by atomic mass is 32.1. The fourth-order valence-corrected chi connectivity index (χ4v) is 1.29. The Balaban J connectivity index is 2.46. The number of hydrogen-bond acceptors (Lipinski definition) is 4. The van der Waals surface area contributed by atoms with E-state index in [1.54, 1.807) is 0 Å². The first-order valence-corrected chi connectivity index (χ1v) is 4.54. The minimum Gasteiger partial charge on any atom is -0.409 e. The topological polar surface area (TPSA) is 53.9 Å². The fourth-order valence-electron chi connectivity index (χ4n) is 1.16. The van der Waals surface area contributed by atoms with Gasteiger partial charge in [-0.25, -0.2) is 5.10 Å². The maximum absolute atomic E-state index is 5.19. The van der Waals surface area contributed by atoms with Crippen LogP contribution >= 0.6 is 12.2 Å². The third kappa shape index (κ3) is 1.67. The molecule has 2 aromatic rings. The van der Waals surface area contributed by atoms with Gasteiger partial charge in [0.05, 0.1) is 0 Å². The number of benzene rings is 1. The van der Waals surface area contributed by atoms with E-state index in [0.717, 1.165) is 11.3 Å². The van der Waals surface area contributed by atoms with Crippen molar-refractivity contribution >= 4 is 17.9 Å². The molecule has 0 spiro atoms. The van der Waals surface area contributed by atoms with Crippen LogP contribution in [0.3, 0.4) is 0 Å². The summed E-state index contributed by atoms with van der Waals surface area (Å²) in [5, 5.41) is 9.56. The highest BCUT2D eigenvalue weighted by Crippen LogP contribution is 2.20. The summed E-state index contributed by atoms with van der Waals surface area (Å²) < 4.78 is 5.19. The molecule has 2 rings (SSSR count). The van der Waals surface area contributed by atoms with E-state index in [2.05, 4.69) is 15.5 Å². The minimum atomic E-state index is 0.287. The lowest BCUT2D eigenvalue weighted by Gasteiger charge is -2.00. The Morgan fingerprint density at radius 2 is 2.36 bits per heavy atom. The molecule has 4 nitrogen and oxygen atoms in total. The number of nitrogens with one attached hydrogen (secondary N) is 2. The molecule has 0 atom stereocenters. The third-order valence-corrected chi connectivity index (χ3v) is 2.01. The molecule has 0 amide bonds. The summed E-state index contributed by atoms with van der Waals surface area (Å²) in [6, 6.07) is 7.74. The third-order valence-electron chi connectivity index (χ3n) is 1.84. The van der Waals surface area contributed by atoms with Gasteiger partial charge in [-0.1, -0.05) is 6.07 Å². The SMILES string of the molecule is CNc1cccc(-c2n[nH]c(=S)o2)c1. The van der Waals surface area contributed by atoms with Gasteiger partial charge in [0.2, 0.25) is 5.89 Å². The monoisotopic (exact) mass is 207 g/mol. The average molecular weight is 207 g/mol. The quantitative estimate of drug-likeness (QED) is 0.743. The molecular formula is C9H9N3OS. The summed E-state index contributed by atoms with van der Waals surface area (Å²) >= 11 is 4.79. The van der Waals surface area contributed by atoms with Crippen molar-refractivity contribution in [1.29, 1.82) is 0 Å². The first kappa shape index (κ1) is 8.96. The summed E-state index contributed by atoms with van der Waals surface area (Å²) in [5.74, 6) is 0.507. The average Bonchev–Trinajstić information content (AvgIpc) is 2.65. The Kier molecular flexibility index (Phi) is 2.32. The fraction of sp³-hybridized carbons (Fsp3) is 0.111. The lowest BCUT2D eigenvalue weighted by molar-refractivity contribution is 0.552. The van der Waals surface area contributed by atoms with Crippen molar-refractivity contribution in [2.45, 2.75) is 0 Å². The first-order valence-electron chi connectivity index (χ1n) is 4.13. The second-order valence-corrected chi connectivity index (χ2v) is 3.12. The van der Waals surface area contributed by atoms with Crippen molar-refractivity contribution in [3.8, 4) is 11.5 Å². The molecule has 0 fully saturated rings. The summed E-state index contributed by atoms with van der Waals surface area (Å²) in [4.78, 5) is 0.287. The maximum Gasteiger partial charge on any atom is 0.284 e. The predicted molar refractivity (Wildman–Crippen MR) is 56.7 cm³/mol. The van der Waals surface area contributed by atoms with E-state index in [9.17, 15) is 0 Å². The molecule has 1 heterocycles. The van der Waals surface area contributed by atoms with Crippen molar-refractivity contribution in [2.75, 3.05) is 12.4 Å². The smallest absolute Gasteiger partial charge is 0.284 e. The zero-order valence-electron chi connectivity index (χ0n) is 7.57. The molecule has 0 bridgehead atoms. The van der Waals surface area contributed by atoms with Gasteiger partial charge in [-0.2, -0.15) is 0 Å². The molecular weight excluding hydrogens is 198 g/mol. The van der Waals surface area contributed by atoms with Crippen molar-refractivity contribution in [2.24, 2.45) is 0 Å². The molecule has 0 saturated carbocycles. The second kappa shape index (κ2) is 3.63. The van der Waals surface area contributed by atoms with E-state index >= 15 is 0 Å². The molecule has 0 radical (unpaired) electrons. The number of aromatic amines is 1. The number of nitrogens with zero attached hydrogens (tertiary/aromatic N) is 1. The first-order chi connectivity index (χ1) is 6.79. The second-order valence-electron chi connectivity index (χ2n) is 2.75. The van der Waals surface area contributed by atoms with E-state index in [4.69, 9.17) is 16.6 Å². The zero-order valence-corrected chi connectivity index (χ0v) is 8.39. The van der Waals surface area contributed by atoms with Gasteiger partial charge in [-0.3, -0.25) is 0 Å². The largest absolute Gasteiger partial charge is 0.409 e. The molecule has 72 valence electrons. The molecule has 2 N–H and O–H groups in total. The van der Waals surface area contributed by atoms with Crippen LogP contribution in [-0.4, -0.2) is 17.2 Å². The number of aromatic nitrogens is 2. The highest BCUT2D eigenvalue weighted by Gasteiger charge is 2.03. The Labute approximate surface area is 86.0 Å². The van der Waals surface area contributed by atoms with Gasteiger partial charge in [-0.15, -0.1) is 5.10 Å². The summed E-state index contributed by atoms with van der Waals surface area (Å²) in [7, 11) is 1.86. The Morgan fingerprint density at radius 3 is 3.00 bits per heavy atom.